The highest BCUT2D eigenvalue weighted by atomic mass is 16.5. The lowest BCUT2D eigenvalue weighted by Crippen LogP contribution is -2.16. The van der Waals surface area contributed by atoms with Gasteiger partial charge in [0.05, 0.1) is 0 Å². The van der Waals surface area contributed by atoms with Gasteiger partial charge in [-0.05, 0) is 48.2 Å². The van der Waals surface area contributed by atoms with Crippen LogP contribution in [0.5, 0.6) is 0 Å². The molecular formula is C21H25N3O2. The van der Waals surface area contributed by atoms with Crippen molar-refractivity contribution in [3.63, 3.8) is 0 Å². The van der Waals surface area contributed by atoms with Crippen molar-refractivity contribution in [1.82, 2.24) is 10.8 Å². The van der Waals surface area contributed by atoms with E-state index in [1.165, 1.54) is 29.3 Å². The SMILES string of the molecule is O=C(/C=C/c1ccc(CNCCCC2CNc3ccccc32)cc1)NO. The monoisotopic (exact) mass is 351 g/mol. The van der Waals surface area contributed by atoms with E-state index >= 15 is 0 Å². The van der Waals surface area contributed by atoms with Crippen LogP contribution < -0.4 is 16.1 Å². The van der Waals surface area contributed by atoms with Gasteiger partial charge >= 0.3 is 0 Å². The molecule has 1 amide bonds. The Labute approximate surface area is 154 Å². The van der Waals surface area contributed by atoms with E-state index in [4.69, 9.17) is 5.21 Å². The molecule has 1 aliphatic rings. The molecule has 0 fully saturated rings. The molecule has 136 valence electrons. The molecular weight excluding hydrogens is 326 g/mol. The lowest BCUT2D eigenvalue weighted by Gasteiger charge is -2.10. The molecule has 1 atom stereocenters. The summed E-state index contributed by atoms with van der Waals surface area (Å²) in [6, 6.07) is 16.6. The van der Waals surface area contributed by atoms with Gasteiger partial charge in [-0.3, -0.25) is 10.0 Å². The first-order chi connectivity index (χ1) is 12.8. The fourth-order valence-corrected chi connectivity index (χ4v) is 3.28. The summed E-state index contributed by atoms with van der Waals surface area (Å²) < 4.78 is 0. The molecule has 2 aromatic carbocycles. The van der Waals surface area contributed by atoms with Crippen molar-refractivity contribution in [2.24, 2.45) is 0 Å². The van der Waals surface area contributed by atoms with Crippen LogP contribution in [0.3, 0.4) is 0 Å². The molecule has 0 aromatic heterocycles. The topological polar surface area (TPSA) is 73.4 Å². The average molecular weight is 351 g/mol. The Balaban J connectivity index is 1.36. The van der Waals surface area contributed by atoms with Gasteiger partial charge in [0.25, 0.3) is 5.91 Å². The van der Waals surface area contributed by atoms with Crippen LogP contribution in [0.2, 0.25) is 0 Å². The molecule has 5 heteroatoms. The normalized spacial score (nSPS) is 15.7. The Hall–Kier alpha value is -2.63. The van der Waals surface area contributed by atoms with Crippen molar-refractivity contribution in [3.05, 3.63) is 71.3 Å². The van der Waals surface area contributed by atoms with Crippen LogP contribution in [0.15, 0.2) is 54.6 Å². The van der Waals surface area contributed by atoms with Gasteiger partial charge in [-0.15, -0.1) is 0 Å². The number of anilines is 1. The number of fused-ring (bicyclic) bond motifs is 1. The second kappa shape index (κ2) is 9.17. The van der Waals surface area contributed by atoms with Gasteiger partial charge in [0.1, 0.15) is 0 Å². The Kier molecular flexibility index (Phi) is 6.41. The van der Waals surface area contributed by atoms with E-state index in [0.717, 1.165) is 31.6 Å². The number of amides is 1. The zero-order valence-corrected chi connectivity index (χ0v) is 14.7. The third-order valence-electron chi connectivity index (χ3n) is 4.69. The largest absolute Gasteiger partial charge is 0.384 e. The summed E-state index contributed by atoms with van der Waals surface area (Å²) in [7, 11) is 0. The van der Waals surface area contributed by atoms with Crippen molar-refractivity contribution in [1.29, 1.82) is 0 Å². The van der Waals surface area contributed by atoms with E-state index in [9.17, 15) is 4.79 Å². The van der Waals surface area contributed by atoms with Crippen molar-refractivity contribution in [2.45, 2.75) is 25.3 Å². The average Bonchev–Trinajstić information content (AvgIpc) is 3.10. The Morgan fingerprint density at radius 2 is 2.00 bits per heavy atom. The third kappa shape index (κ3) is 4.94. The summed E-state index contributed by atoms with van der Waals surface area (Å²) in [5.74, 6) is 0.0889. The zero-order valence-electron chi connectivity index (χ0n) is 14.7. The number of carbonyl (C=O) groups is 1. The van der Waals surface area contributed by atoms with Crippen LogP contribution in [-0.2, 0) is 11.3 Å². The van der Waals surface area contributed by atoms with Gasteiger partial charge in [-0.25, -0.2) is 5.48 Å². The highest BCUT2D eigenvalue weighted by molar-refractivity contribution is 5.90. The maximum atomic E-state index is 11.0. The smallest absolute Gasteiger partial charge is 0.267 e. The molecule has 1 heterocycles. The zero-order chi connectivity index (χ0) is 18.2. The molecule has 4 N–H and O–H groups in total. The molecule has 1 unspecified atom stereocenters. The van der Waals surface area contributed by atoms with Gasteiger partial charge in [0, 0.05) is 30.8 Å². The first kappa shape index (κ1) is 18.2. The molecule has 26 heavy (non-hydrogen) atoms. The molecule has 3 rings (SSSR count). The van der Waals surface area contributed by atoms with Crippen LogP contribution in [0, 0.1) is 0 Å². The number of hydroxylamine groups is 1. The van der Waals surface area contributed by atoms with Gasteiger partial charge in [-0.2, -0.15) is 0 Å². The molecule has 0 radical (unpaired) electrons. The minimum absolute atomic E-state index is 0.532. The number of hydrogen-bond donors (Lipinski definition) is 4. The fraction of sp³-hybridized carbons (Fsp3) is 0.286. The van der Waals surface area contributed by atoms with Crippen molar-refractivity contribution in [3.8, 4) is 0 Å². The third-order valence-corrected chi connectivity index (χ3v) is 4.69. The molecule has 2 aromatic rings. The van der Waals surface area contributed by atoms with Crippen molar-refractivity contribution < 1.29 is 10.0 Å². The van der Waals surface area contributed by atoms with Gasteiger partial charge in [0.2, 0.25) is 0 Å². The molecule has 0 aliphatic carbocycles. The standard InChI is InChI=1S/C21H25N3O2/c25-21(24-26)12-11-16-7-9-17(10-8-16)14-22-13-3-4-18-15-23-20-6-2-1-5-19(18)20/h1-2,5-12,18,22-23,26H,3-4,13-15H2,(H,24,25)/b12-11+. The molecule has 0 saturated heterocycles. The number of carbonyl (C=O) groups excluding carboxylic acids is 1. The summed E-state index contributed by atoms with van der Waals surface area (Å²) in [5.41, 5.74) is 6.44. The van der Waals surface area contributed by atoms with E-state index in [1.54, 1.807) is 11.6 Å². The molecule has 5 nitrogen and oxygen atoms in total. The van der Waals surface area contributed by atoms with E-state index < -0.39 is 5.91 Å². The maximum absolute atomic E-state index is 11.0. The van der Waals surface area contributed by atoms with E-state index in [1.807, 2.05) is 24.3 Å². The second-order valence-electron chi connectivity index (χ2n) is 6.54. The Morgan fingerprint density at radius 3 is 2.81 bits per heavy atom. The second-order valence-corrected chi connectivity index (χ2v) is 6.54. The molecule has 1 aliphatic heterocycles. The molecule has 0 spiro atoms. The Bertz CT molecular complexity index is 756. The van der Waals surface area contributed by atoms with E-state index in [2.05, 4.69) is 34.9 Å². The van der Waals surface area contributed by atoms with Crippen LogP contribution >= 0.6 is 0 Å². The minimum atomic E-state index is -0.532. The fourth-order valence-electron chi connectivity index (χ4n) is 3.28. The summed E-state index contributed by atoms with van der Waals surface area (Å²) in [5, 5.41) is 15.4. The van der Waals surface area contributed by atoms with E-state index in [0.29, 0.717) is 5.92 Å². The number of benzene rings is 2. The number of rotatable bonds is 8. The van der Waals surface area contributed by atoms with Gasteiger partial charge in [0.15, 0.2) is 0 Å². The summed E-state index contributed by atoms with van der Waals surface area (Å²) in [4.78, 5) is 11.0. The van der Waals surface area contributed by atoms with Crippen LogP contribution in [0.1, 0.15) is 35.4 Å². The highest BCUT2D eigenvalue weighted by Gasteiger charge is 2.20. The Morgan fingerprint density at radius 1 is 1.19 bits per heavy atom. The van der Waals surface area contributed by atoms with Gasteiger partial charge in [-0.1, -0.05) is 42.5 Å². The summed E-state index contributed by atoms with van der Waals surface area (Å²) in [6.07, 6.45) is 5.30. The lowest BCUT2D eigenvalue weighted by molar-refractivity contribution is -0.124. The lowest BCUT2D eigenvalue weighted by atomic mass is 9.96. The first-order valence-corrected chi connectivity index (χ1v) is 9.01. The van der Waals surface area contributed by atoms with Crippen molar-refractivity contribution >= 4 is 17.7 Å². The predicted octanol–water partition coefficient (Wildman–Crippen LogP) is 3.28. The van der Waals surface area contributed by atoms with Gasteiger partial charge < -0.3 is 10.6 Å². The maximum Gasteiger partial charge on any atom is 0.267 e. The minimum Gasteiger partial charge on any atom is -0.384 e. The number of hydrogen-bond acceptors (Lipinski definition) is 4. The van der Waals surface area contributed by atoms with Crippen LogP contribution in [0.4, 0.5) is 5.69 Å². The summed E-state index contributed by atoms with van der Waals surface area (Å²) in [6.45, 7) is 2.88. The molecule has 0 bridgehead atoms. The molecule has 0 saturated carbocycles. The first-order valence-electron chi connectivity index (χ1n) is 9.01. The summed E-state index contributed by atoms with van der Waals surface area (Å²) >= 11 is 0. The van der Waals surface area contributed by atoms with Crippen LogP contribution in [0.25, 0.3) is 6.08 Å². The van der Waals surface area contributed by atoms with Crippen molar-refractivity contribution in [2.75, 3.05) is 18.4 Å². The van der Waals surface area contributed by atoms with E-state index in [-0.39, 0.29) is 0 Å². The predicted molar refractivity (Wildman–Crippen MR) is 104 cm³/mol. The quantitative estimate of drug-likeness (QED) is 0.255. The highest BCUT2D eigenvalue weighted by Crippen LogP contribution is 2.33. The van der Waals surface area contributed by atoms with Crippen LogP contribution in [-0.4, -0.2) is 24.2 Å². The number of para-hydroxylation sites is 1. The number of nitrogens with one attached hydrogen (secondary N) is 3.